The van der Waals surface area contributed by atoms with E-state index in [0.29, 0.717) is 49.7 Å². The summed E-state index contributed by atoms with van der Waals surface area (Å²) in [6.07, 6.45) is 2.22. The van der Waals surface area contributed by atoms with E-state index in [0.717, 1.165) is 44.8 Å². The highest BCUT2D eigenvalue weighted by Gasteiger charge is 2.28. The van der Waals surface area contributed by atoms with Crippen molar-refractivity contribution in [3.63, 3.8) is 0 Å². The number of allylic oxidation sites excluding steroid dienone is 2. The lowest BCUT2D eigenvalue weighted by Gasteiger charge is -2.33. The Bertz CT molecular complexity index is 864. The van der Waals surface area contributed by atoms with E-state index in [1.165, 1.54) is 6.21 Å². The third-order valence-corrected chi connectivity index (χ3v) is 6.33. The number of piperazine rings is 1. The van der Waals surface area contributed by atoms with E-state index in [1.807, 2.05) is 18.2 Å². The van der Waals surface area contributed by atoms with E-state index in [4.69, 9.17) is 19.3 Å². The molecule has 1 atom stereocenters. The fraction of sp³-hybridized carbons (Fsp3) is 0.600. The molecule has 1 aliphatic heterocycles. The van der Waals surface area contributed by atoms with E-state index >= 15 is 0 Å². The number of hydrogen-bond acceptors (Lipinski definition) is 9. The first kappa shape index (κ1) is 26.2. The molecule has 1 aliphatic carbocycles. The van der Waals surface area contributed by atoms with Gasteiger partial charge in [0.25, 0.3) is 0 Å². The van der Waals surface area contributed by atoms with Crippen molar-refractivity contribution in [2.45, 2.75) is 18.8 Å². The Hall–Kier alpha value is -2.46. The van der Waals surface area contributed by atoms with Crippen molar-refractivity contribution in [1.29, 1.82) is 0 Å². The summed E-state index contributed by atoms with van der Waals surface area (Å²) in [5.41, 5.74) is 1.23. The summed E-state index contributed by atoms with van der Waals surface area (Å²) in [5.74, 6) is 1.06. The van der Waals surface area contributed by atoms with Gasteiger partial charge in [-0.2, -0.15) is 0 Å². The Labute approximate surface area is 201 Å². The number of carbonyl (C=O) groups is 1. The summed E-state index contributed by atoms with van der Waals surface area (Å²) in [4.78, 5) is 21.8. The van der Waals surface area contributed by atoms with E-state index in [2.05, 4.69) is 14.8 Å². The first-order valence-electron chi connectivity index (χ1n) is 11.9. The van der Waals surface area contributed by atoms with Crippen LogP contribution < -0.4 is 9.47 Å². The number of rotatable bonds is 12. The van der Waals surface area contributed by atoms with E-state index < -0.39 is 0 Å². The first-order valence-corrected chi connectivity index (χ1v) is 11.9. The third-order valence-electron chi connectivity index (χ3n) is 6.33. The molecule has 0 bridgehead atoms. The molecule has 1 fully saturated rings. The number of carbonyl (C=O) groups excluding carboxylic acids is 1. The average Bonchev–Trinajstić information content (AvgIpc) is 2.84. The predicted octanol–water partition coefficient (Wildman–Crippen LogP) is 1.66. The molecule has 1 heterocycles. The molecule has 0 aromatic heterocycles. The van der Waals surface area contributed by atoms with Gasteiger partial charge in [-0.1, -0.05) is 6.07 Å². The van der Waals surface area contributed by atoms with Crippen molar-refractivity contribution in [1.82, 2.24) is 9.80 Å². The van der Waals surface area contributed by atoms with Crippen LogP contribution in [0, 0.1) is 0 Å². The molecule has 0 amide bonds. The second-order valence-electron chi connectivity index (χ2n) is 8.58. The largest absolute Gasteiger partial charge is 0.511 e. The quantitative estimate of drug-likeness (QED) is 0.348. The fourth-order valence-electron chi connectivity index (χ4n) is 4.32. The van der Waals surface area contributed by atoms with Crippen molar-refractivity contribution in [2.24, 2.45) is 4.99 Å². The number of hydrogen-bond donors (Lipinski definition) is 2. The molecular formula is C25H37N3O6. The van der Waals surface area contributed by atoms with Gasteiger partial charge in [0.1, 0.15) is 12.4 Å². The van der Waals surface area contributed by atoms with Gasteiger partial charge < -0.3 is 24.4 Å². The zero-order valence-electron chi connectivity index (χ0n) is 20.2. The number of aliphatic imine (C=N–C) groups is 1. The van der Waals surface area contributed by atoms with Crippen LogP contribution in [0.3, 0.4) is 0 Å². The second kappa shape index (κ2) is 13.4. The Kier molecular flexibility index (Phi) is 10.3. The molecule has 1 aromatic carbocycles. The van der Waals surface area contributed by atoms with Gasteiger partial charge in [0.05, 0.1) is 32.4 Å². The maximum atomic E-state index is 12.8. The first-order chi connectivity index (χ1) is 16.5. The van der Waals surface area contributed by atoms with Gasteiger partial charge in [-0.05, 0) is 23.6 Å². The topological polar surface area (TPSA) is 104 Å². The highest BCUT2D eigenvalue weighted by atomic mass is 16.5. The van der Waals surface area contributed by atoms with Gasteiger partial charge >= 0.3 is 0 Å². The zero-order chi connectivity index (χ0) is 24.3. The van der Waals surface area contributed by atoms with Crippen LogP contribution in [-0.4, -0.2) is 112 Å². The summed E-state index contributed by atoms with van der Waals surface area (Å²) in [5, 5.41) is 19.6. The molecule has 2 N–H and O–H groups in total. The van der Waals surface area contributed by atoms with Crippen LogP contribution in [0.4, 0.5) is 0 Å². The second-order valence-corrected chi connectivity index (χ2v) is 8.58. The molecule has 9 heteroatoms. The monoisotopic (exact) mass is 475 g/mol. The molecule has 1 aromatic rings. The standard InChI is InChI=1S/C25H37N3O6/c1-32-13-14-34-25-17-19(3-4-24(25)33-2)20-15-22(30)21(23(31)16-20)18-26-5-6-27-7-9-28(10-8-27)11-12-29/h3-4,17-18,20,29-30H,5-16H2,1-2H3. The van der Waals surface area contributed by atoms with Crippen molar-refractivity contribution < 1.29 is 29.2 Å². The number of ketones is 1. The SMILES string of the molecule is COCCOc1cc(C2CC(=O)C(C=NCCN3CCN(CCO)CC3)=C(O)C2)ccc1OC. The molecule has 3 rings (SSSR count). The van der Waals surface area contributed by atoms with Crippen LogP contribution in [-0.2, 0) is 9.53 Å². The summed E-state index contributed by atoms with van der Waals surface area (Å²) < 4.78 is 16.2. The van der Waals surface area contributed by atoms with E-state index in [-0.39, 0.29) is 24.1 Å². The van der Waals surface area contributed by atoms with Crippen molar-refractivity contribution in [2.75, 3.05) is 79.9 Å². The summed E-state index contributed by atoms with van der Waals surface area (Å²) in [6.45, 7) is 6.94. The lowest BCUT2D eigenvalue weighted by Crippen LogP contribution is -2.47. The third kappa shape index (κ3) is 7.27. The van der Waals surface area contributed by atoms with Crippen LogP contribution in [0.5, 0.6) is 11.5 Å². The molecule has 1 unspecified atom stereocenters. The number of β-amino-alcohol motifs (C(OH)–C–C–N with tert-alkyl or cyclic N) is 1. The Morgan fingerprint density at radius 3 is 2.44 bits per heavy atom. The minimum absolute atomic E-state index is 0.0836. The summed E-state index contributed by atoms with van der Waals surface area (Å²) in [7, 11) is 3.20. The molecule has 0 spiro atoms. The molecule has 2 aliphatic rings. The highest BCUT2D eigenvalue weighted by Crippen LogP contribution is 2.37. The number of aliphatic hydroxyl groups is 2. The van der Waals surface area contributed by atoms with Gasteiger partial charge in [-0.3, -0.25) is 19.6 Å². The molecule has 34 heavy (non-hydrogen) atoms. The number of methoxy groups -OCH3 is 2. The smallest absolute Gasteiger partial charge is 0.168 e. The van der Waals surface area contributed by atoms with Crippen molar-refractivity contribution in [3.8, 4) is 11.5 Å². The number of nitrogens with zero attached hydrogens (tertiary/aromatic N) is 3. The van der Waals surface area contributed by atoms with Gasteiger partial charge in [-0.25, -0.2) is 0 Å². The fourth-order valence-corrected chi connectivity index (χ4v) is 4.32. The predicted molar refractivity (Wildman–Crippen MR) is 130 cm³/mol. The van der Waals surface area contributed by atoms with Gasteiger partial charge in [-0.15, -0.1) is 0 Å². The Morgan fingerprint density at radius 1 is 1.06 bits per heavy atom. The van der Waals surface area contributed by atoms with Crippen molar-refractivity contribution >= 4 is 12.0 Å². The molecule has 188 valence electrons. The van der Waals surface area contributed by atoms with Crippen LogP contribution in [0.2, 0.25) is 0 Å². The lowest BCUT2D eigenvalue weighted by atomic mass is 9.83. The zero-order valence-corrected chi connectivity index (χ0v) is 20.2. The minimum Gasteiger partial charge on any atom is -0.511 e. The minimum atomic E-state index is -0.129. The molecular weight excluding hydrogens is 438 g/mol. The van der Waals surface area contributed by atoms with Crippen LogP contribution in [0.15, 0.2) is 34.5 Å². The maximum absolute atomic E-state index is 12.8. The number of Topliss-reactive ketones (excluding diaryl/α,β-unsaturated/α-hetero) is 1. The normalized spacial score (nSPS) is 20.3. The van der Waals surface area contributed by atoms with Crippen LogP contribution >= 0.6 is 0 Å². The number of benzene rings is 1. The maximum Gasteiger partial charge on any atom is 0.168 e. The van der Waals surface area contributed by atoms with Crippen LogP contribution in [0.25, 0.3) is 0 Å². The number of aliphatic hydroxyl groups excluding tert-OH is 2. The summed E-state index contributed by atoms with van der Waals surface area (Å²) in [6, 6.07) is 5.61. The molecule has 1 saturated heterocycles. The molecule has 0 saturated carbocycles. The van der Waals surface area contributed by atoms with Crippen LogP contribution in [0.1, 0.15) is 24.3 Å². The van der Waals surface area contributed by atoms with Gasteiger partial charge in [0.2, 0.25) is 0 Å². The van der Waals surface area contributed by atoms with E-state index in [9.17, 15) is 9.90 Å². The highest BCUT2D eigenvalue weighted by molar-refractivity contribution is 6.14. The van der Waals surface area contributed by atoms with Gasteiger partial charge in [0, 0.05) is 65.4 Å². The Morgan fingerprint density at radius 2 is 1.79 bits per heavy atom. The van der Waals surface area contributed by atoms with Crippen molar-refractivity contribution in [3.05, 3.63) is 35.1 Å². The van der Waals surface area contributed by atoms with E-state index in [1.54, 1.807) is 14.2 Å². The molecule has 9 nitrogen and oxygen atoms in total. The lowest BCUT2D eigenvalue weighted by molar-refractivity contribution is -0.116. The number of ether oxygens (including phenoxy) is 3. The Balaban J connectivity index is 1.55. The molecule has 0 radical (unpaired) electrons. The summed E-state index contributed by atoms with van der Waals surface area (Å²) >= 11 is 0. The average molecular weight is 476 g/mol. The van der Waals surface area contributed by atoms with Gasteiger partial charge in [0.15, 0.2) is 17.3 Å².